The molecule has 7 nitrogen and oxygen atoms in total. The van der Waals surface area contributed by atoms with Gasteiger partial charge in [0.1, 0.15) is 18.4 Å². The average Bonchev–Trinajstić information content (AvgIpc) is 3.08. The quantitative estimate of drug-likeness (QED) is 0.176. The monoisotopic (exact) mass is 669 g/mol. The van der Waals surface area contributed by atoms with Gasteiger partial charge in [0.05, 0.1) is 10.6 Å². The molecular weight excluding hydrogens is 626 g/mol. The minimum atomic E-state index is -4.24. The molecule has 2 amide bonds. The standard InChI is InChI=1S/C39H44FN3O4S/c1-28-21-23-34(24-22-28)48(46,47)43(36-20-12-13-29(2)30(36)3)27-38(44)42(26-32-16-10-11-19-35(32)40)37(25-31-14-6-4-7-15-31)39(45)41-33-17-8-5-9-18-33/h4,6-7,10-16,19-24,33,37H,5,8-9,17-18,25-27H2,1-3H3,(H,41,45). The van der Waals surface area contributed by atoms with Gasteiger partial charge in [-0.25, -0.2) is 12.8 Å². The summed E-state index contributed by atoms with van der Waals surface area (Å²) in [7, 11) is -4.24. The van der Waals surface area contributed by atoms with E-state index in [1.54, 1.807) is 42.5 Å². The molecule has 0 heterocycles. The summed E-state index contributed by atoms with van der Waals surface area (Å²) < 4.78 is 45.0. The van der Waals surface area contributed by atoms with Gasteiger partial charge in [0.25, 0.3) is 10.0 Å². The van der Waals surface area contributed by atoms with Crippen molar-refractivity contribution in [1.29, 1.82) is 0 Å². The first-order chi connectivity index (χ1) is 23.0. The average molecular weight is 670 g/mol. The Morgan fingerprint density at radius 2 is 1.50 bits per heavy atom. The molecule has 1 unspecified atom stereocenters. The van der Waals surface area contributed by atoms with Gasteiger partial charge in [-0.05, 0) is 74.6 Å². The number of rotatable bonds is 12. The van der Waals surface area contributed by atoms with Crippen LogP contribution in [0.25, 0.3) is 0 Å². The van der Waals surface area contributed by atoms with Crippen molar-refractivity contribution < 1.29 is 22.4 Å². The first kappa shape index (κ1) is 34.8. The number of hydrogen-bond acceptors (Lipinski definition) is 4. The van der Waals surface area contributed by atoms with Crippen molar-refractivity contribution in [2.45, 2.75) is 82.8 Å². The van der Waals surface area contributed by atoms with E-state index in [1.807, 2.05) is 57.2 Å². The fourth-order valence-corrected chi connectivity index (χ4v) is 7.74. The number of carbonyl (C=O) groups excluding carboxylic acids is 2. The highest BCUT2D eigenvalue weighted by Gasteiger charge is 2.36. The van der Waals surface area contributed by atoms with Crippen LogP contribution in [-0.4, -0.2) is 43.8 Å². The number of carbonyl (C=O) groups is 2. The molecule has 1 fully saturated rings. The van der Waals surface area contributed by atoms with Gasteiger partial charge in [-0.3, -0.25) is 13.9 Å². The number of nitrogens with zero attached hydrogens (tertiary/aromatic N) is 2. The van der Waals surface area contributed by atoms with E-state index in [9.17, 15) is 18.0 Å². The Morgan fingerprint density at radius 3 is 2.19 bits per heavy atom. The number of benzene rings is 4. The van der Waals surface area contributed by atoms with Crippen molar-refractivity contribution in [2.24, 2.45) is 0 Å². The fraction of sp³-hybridized carbons (Fsp3) is 0.333. The lowest BCUT2D eigenvalue weighted by Gasteiger charge is -2.35. The highest BCUT2D eigenvalue weighted by molar-refractivity contribution is 7.92. The van der Waals surface area contributed by atoms with Gasteiger partial charge >= 0.3 is 0 Å². The first-order valence-corrected chi connectivity index (χ1v) is 18.0. The van der Waals surface area contributed by atoms with Crippen LogP contribution in [0.2, 0.25) is 0 Å². The normalized spacial score (nSPS) is 14.2. The van der Waals surface area contributed by atoms with Crippen LogP contribution in [0, 0.1) is 26.6 Å². The smallest absolute Gasteiger partial charge is 0.264 e. The molecular formula is C39H44FN3O4S. The molecule has 0 spiro atoms. The molecule has 5 rings (SSSR count). The minimum absolute atomic E-state index is 0.0247. The molecule has 0 aromatic heterocycles. The summed E-state index contributed by atoms with van der Waals surface area (Å²) in [6.45, 7) is 4.77. The largest absolute Gasteiger partial charge is 0.352 e. The molecule has 1 atom stereocenters. The van der Waals surface area contributed by atoms with Crippen LogP contribution in [0.15, 0.2) is 102 Å². The third-order valence-corrected chi connectivity index (χ3v) is 11.0. The van der Waals surface area contributed by atoms with Crippen molar-refractivity contribution >= 4 is 27.5 Å². The Labute approximate surface area is 283 Å². The van der Waals surface area contributed by atoms with E-state index in [2.05, 4.69) is 5.32 Å². The van der Waals surface area contributed by atoms with Crippen molar-refractivity contribution in [3.8, 4) is 0 Å². The molecule has 0 saturated heterocycles. The second-order valence-electron chi connectivity index (χ2n) is 12.7. The van der Waals surface area contributed by atoms with Gasteiger partial charge in [-0.15, -0.1) is 0 Å². The van der Waals surface area contributed by atoms with Crippen molar-refractivity contribution in [3.05, 3.63) is 131 Å². The molecule has 1 saturated carbocycles. The Bertz CT molecular complexity index is 1820. The summed E-state index contributed by atoms with van der Waals surface area (Å²) in [5, 5.41) is 3.18. The van der Waals surface area contributed by atoms with Crippen molar-refractivity contribution in [3.63, 3.8) is 0 Å². The van der Waals surface area contributed by atoms with Gasteiger partial charge in [-0.1, -0.05) is 97.6 Å². The van der Waals surface area contributed by atoms with Gasteiger partial charge < -0.3 is 10.2 Å². The molecule has 48 heavy (non-hydrogen) atoms. The maximum absolute atomic E-state index is 15.2. The van der Waals surface area contributed by atoms with E-state index in [1.165, 1.54) is 23.1 Å². The highest BCUT2D eigenvalue weighted by atomic mass is 32.2. The summed E-state index contributed by atoms with van der Waals surface area (Å²) in [5.41, 5.74) is 3.88. The third kappa shape index (κ3) is 8.31. The molecule has 1 N–H and O–H groups in total. The lowest BCUT2D eigenvalue weighted by atomic mass is 9.94. The van der Waals surface area contributed by atoms with Crippen LogP contribution in [0.1, 0.15) is 59.9 Å². The van der Waals surface area contributed by atoms with Gasteiger partial charge in [-0.2, -0.15) is 0 Å². The summed E-state index contributed by atoms with van der Waals surface area (Å²) in [6.07, 6.45) is 5.00. The molecule has 252 valence electrons. The topological polar surface area (TPSA) is 86.8 Å². The lowest BCUT2D eigenvalue weighted by molar-refractivity contribution is -0.140. The zero-order valence-corrected chi connectivity index (χ0v) is 28.7. The van der Waals surface area contributed by atoms with Crippen LogP contribution in [0.3, 0.4) is 0 Å². The van der Waals surface area contributed by atoms with E-state index in [-0.39, 0.29) is 35.4 Å². The van der Waals surface area contributed by atoms with E-state index >= 15 is 4.39 Å². The van der Waals surface area contributed by atoms with E-state index in [4.69, 9.17) is 0 Å². The van der Waals surface area contributed by atoms with Crippen LogP contribution < -0.4 is 9.62 Å². The predicted molar refractivity (Wildman–Crippen MR) is 188 cm³/mol. The number of sulfonamides is 1. The molecule has 0 radical (unpaired) electrons. The number of halogens is 1. The highest BCUT2D eigenvalue weighted by Crippen LogP contribution is 2.30. The third-order valence-electron chi connectivity index (χ3n) is 9.25. The molecule has 0 aliphatic heterocycles. The van der Waals surface area contributed by atoms with Gasteiger partial charge in [0.2, 0.25) is 11.8 Å². The van der Waals surface area contributed by atoms with Gasteiger partial charge in [0, 0.05) is 24.6 Å². The van der Waals surface area contributed by atoms with Crippen LogP contribution in [0.5, 0.6) is 0 Å². The molecule has 4 aromatic rings. The number of hydrogen-bond donors (Lipinski definition) is 1. The number of amides is 2. The summed E-state index contributed by atoms with van der Waals surface area (Å²) in [4.78, 5) is 30.3. The Hall–Kier alpha value is -4.50. The number of aryl methyl sites for hydroxylation is 2. The van der Waals surface area contributed by atoms with Crippen LogP contribution in [-0.2, 0) is 32.6 Å². The summed E-state index contributed by atoms with van der Waals surface area (Å²) >= 11 is 0. The van der Waals surface area contributed by atoms with Crippen LogP contribution >= 0.6 is 0 Å². The first-order valence-electron chi connectivity index (χ1n) is 16.6. The molecule has 1 aliphatic rings. The Kier molecular flexibility index (Phi) is 11.3. The van der Waals surface area contributed by atoms with E-state index in [0.29, 0.717) is 11.3 Å². The summed E-state index contributed by atoms with van der Waals surface area (Å²) in [5.74, 6) is -1.47. The minimum Gasteiger partial charge on any atom is -0.352 e. The zero-order chi connectivity index (χ0) is 34.3. The van der Waals surface area contributed by atoms with E-state index in [0.717, 1.165) is 53.1 Å². The molecule has 9 heteroatoms. The Balaban J connectivity index is 1.59. The predicted octanol–water partition coefficient (Wildman–Crippen LogP) is 7.04. The zero-order valence-electron chi connectivity index (χ0n) is 27.9. The molecule has 4 aromatic carbocycles. The Morgan fingerprint density at radius 1 is 0.833 bits per heavy atom. The van der Waals surface area contributed by atoms with E-state index < -0.39 is 34.3 Å². The maximum atomic E-state index is 15.2. The second kappa shape index (κ2) is 15.6. The van der Waals surface area contributed by atoms with Crippen molar-refractivity contribution in [1.82, 2.24) is 10.2 Å². The lowest BCUT2D eigenvalue weighted by Crippen LogP contribution is -2.55. The molecule has 1 aliphatic carbocycles. The maximum Gasteiger partial charge on any atom is 0.264 e. The number of anilines is 1. The number of nitrogens with one attached hydrogen (secondary N) is 1. The SMILES string of the molecule is Cc1ccc(S(=O)(=O)N(CC(=O)N(Cc2ccccc2F)C(Cc2ccccc2)C(=O)NC2CCCCC2)c2cccc(C)c2C)cc1. The van der Waals surface area contributed by atoms with Crippen LogP contribution in [0.4, 0.5) is 10.1 Å². The fourth-order valence-electron chi connectivity index (χ4n) is 6.26. The summed E-state index contributed by atoms with van der Waals surface area (Å²) in [6, 6.07) is 26.3. The van der Waals surface area contributed by atoms with Gasteiger partial charge in [0.15, 0.2) is 0 Å². The molecule has 0 bridgehead atoms. The second-order valence-corrected chi connectivity index (χ2v) is 14.6. The van der Waals surface area contributed by atoms with Crippen molar-refractivity contribution in [2.75, 3.05) is 10.8 Å².